The number of pyridine rings is 1. The maximum Gasteiger partial charge on any atom is 0.254 e. The van der Waals surface area contributed by atoms with Crippen LogP contribution in [0.3, 0.4) is 0 Å². The van der Waals surface area contributed by atoms with Crippen molar-refractivity contribution in [2.24, 2.45) is 11.7 Å². The summed E-state index contributed by atoms with van der Waals surface area (Å²) >= 11 is 0. The van der Waals surface area contributed by atoms with Gasteiger partial charge in [-0.3, -0.25) is 14.6 Å². The van der Waals surface area contributed by atoms with E-state index in [0.29, 0.717) is 43.2 Å². The number of amides is 2. The second-order valence-electron chi connectivity index (χ2n) is 6.48. The highest BCUT2D eigenvalue weighted by atomic mass is 35.5. The number of rotatable bonds is 6. The van der Waals surface area contributed by atoms with Crippen LogP contribution in [0.4, 0.5) is 0 Å². The van der Waals surface area contributed by atoms with Crippen molar-refractivity contribution in [2.45, 2.75) is 12.8 Å². The van der Waals surface area contributed by atoms with Crippen LogP contribution in [0.5, 0.6) is 11.5 Å². The summed E-state index contributed by atoms with van der Waals surface area (Å²) in [6.07, 6.45) is 4.88. The van der Waals surface area contributed by atoms with Gasteiger partial charge in [-0.05, 0) is 43.2 Å². The number of hydrogen-bond acceptors (Lipinski definition) is 5. The van der Waals surface area contributed by atoms with Crippen LogP contribution in [-0.4, -0.2) is 47.9 Å². The number of nitrogens with zero attached hydrogens (tertiary/aromatic N) is 2. The Hall–Kier alpha value is -2.35. The van der Waals surface area contributed by atoms with E-state index in [0.717, 1.165) is 12.8 Å². The van der Waals surface area contributed by atoms with Gasteiger partial charge in [-0.15, -0.1) is 24.8 Å². The van der Waals surface area contributed by atoms with Gasteiger partial charge in [0.25, 0.3) is 5.91 Å². The summed E-state index contributed by atoms with van der Waals surface area (Å²) in [4.78, 5) is 30.8. The Bertz CT molecular complexity index is 792. The Morgan fingerprint density at radius 1 is 1.17 bits per heavy atom. The summed E-state index contributed by atoms with van der Waals surface area (Å²) in [5.41, 5.74) is 5.98. The van der Waals surface area contributed by atoms with E-state index >= 15 is 0 Å². The lowest BCUT2D eigenvalue weighted by Gasteiger charge is -2.32. The fourth-order valence-electron chi connectivity index (χ4n) is 3.13. The lowest BCUT2D eigenvalue weighted by molar-refractivity contribution is -0.126. The van der Waals surface area contributed by atoms with Gasteiger partial charge in [0.1, 0.15) is 11.5 Å². The van der Waals surface area contributed by atoms with Crippen LogP contribution in [0.2, 0.25) is 0 Å². The van der Waals surface area contributed by atoms with Gasteiger partial charge in [0.2, 0.25) is 5.91 Å². The predicted molar refractivity (Wildman–Crippen MR) is 116 cm³/mol. The lowest BCUT2D eigenvalue weighted by atomic mass is 9.96. The van der Waals surface area contributed by atoms with Gasteiger partial charge in [-0.25, -0.2) is 0 Å². The SMILES string of the molecule is Cl.Cl.NCCNC(=O)C1CCCN(C(=O)c2cccc(Oc3ccncc3)c2)C1. The van der Waals surface area contributed by atoms with Gasteiger partial charge in [0, 0.05) is 44.1 Å². The molecule has 1 unspecified atom stereocenters. The maximum absolute atomic E-state index is 12.9. The van der Waals surface area contributed by atoms with Gasteiger partial charge >= 0.3 is 0 Å². The highest BCUT2D eigenvalue weighted by Gasteiger charge is 2.28. The summed E-state index contributed by atoms with van der Waals surface area (Å²) in [5, 5.41) is 2.81. The number of carbonyl (C=O) groups excluding carboxylic acids is 2. The second kappa shape index (κ2) is 12.3. The molecule has 0 bridgehead atoms. The summed E-state index contributed by atoms with van der Waals surface area (Å²) in [5.74, 6) is 0.926. The average Bonchev–Trinajstić information content (AvgIpc) is 2.72. The number of hydrogen-bond donors (Lipinski definition) is 2. The van der Waals surface area contributed by atoms with Crippen LogP contribution < -0.4 is 15.8 Å². The van der Waals surface area contributed by atoms with Crippen LogP contribution in [0.15, 0.2) is 48.8 Å². The van der Waals surface area contributed by atoms with E-state index in [1.54, 1.807) is 53.7 Å². The number of ether oxygens (including phenoxy) is 1. The minimum atomic E-state index is -0.189. The molecule has 1 atom stereocenters. The third-order valence-electron chi connectivity index (χ3n) is 4.49. The van der Waals surface area contributed by atoms with E-state index in [1.807, 2.05) is 0 Å². The highest BCUT2D eigenvalue weighted by molar-refractivity contribution is 5.95. The molecule has 0 aliphatic carbocycles. The summed E-state index contributed by atoms with van der Waals surface area (Å²) < 4.78 is 5.77. The topological polar surface area (TPSA) is 97.6 Å². The molecule has 1 aliphatic heterocycles. The largest absolute Gasteiger partial charge is 0.457 e. The molecule has 0 radical (unpaired) electrons. The number of nitrogens with one attached hydrogen (secondary N) is 1. The van der Waals surface area contributed by atoms with Crippen molar-refractivity contribution in [2.75, 3.05) is 26.2 Å². The molecular weight excluding hydrogens is 415 g/mol. The Kier molecular flexibility index (Phi) is 10.4. The number of aromatic nitrogens is 1. The molecule has 7 nitrogen and oxygen atoms in total. The zero-order valence-electron chi connectivity index (χ0n) is 16.0. The number of likely N-dealkylation sites (tertiary alicyclic amines) is 1. The third-order valence-corrected chi connectivity index (χ3v) is 4.49. The molecular formula is C20H26Cl2N4O3. The molecule has 3 N–H and O–H groups in total. The van der Waals surface area contributed by atoms with E-state index < -0.39 is 0 Å². The summed E-state index contributed by atoms with van der Waals surface area (Å²) in [7, 11) is 0. The summed E-state index contributed by atoms with van der Waals surface area (Å²) in [6, 6.07) is 10.6. The number of carbonyl (C=O) groups is 2. The first-order valence-electron chi connectivity index (χ1n) is 9.12. The third kappa shape index (κ3) is 6.88. The quantitative estimate of drug-likeness (QED) is 0.719. The number of benzene rings is 1. The molecule has 1 fully saturated rings. The molecule has 2 aromatic rings. The highest BCUT2D eigenvalue weighted by Crippen LogP contribution is 2.24. The zero-order chi connectivity index (χ0) is 19.1. The Labute approximate surface area is 182 Å². The maximum atomic E-state index is 12.9. The molecule has 2 heterocycles. The lowest BCUT2D eigenvalue weighted by Crippen LogP contribution is -2.46. The Morgan fingerprint density at radius 2 is 1.93 bits per heavy atom. The molecule has 2 amide bonds. The smallest absolute Gasteiger partial charge is 0.254 e. The second-order valence-corrected chi connectivity index (χ2v) is 6.48. The Morgan fingerprint density at radius 3 is 2.66 bits per heavy atom. The monoisotopic (exact) mass is 440 g/mol. The van der Waals surface area contributed by atoms with Crippen molar-refractivity contribution in [1.82, 2.24) is 15.2 Å². The zero-order valence-corrected chi connectivity index (χ0v) is 17.6. The van der Waals surface area contributed by atoms with Crippen LogP contribution >= 0.6 is 24.8 Å². The van der Waals surface area contributed by atoms with E-state index in [4.69, 9.17) is 10.5 Å². The van der Waals surface area contributed by atoms with Gasteiger partial charge in [-0.2, -0.15) is 0 Å². The molecule has 3 rings (SSSR count). The van der Waals surface area contributed by atoms with Crippen LogP contribution in [0, 0.1) is 5.92 Å². The fourth-order valence-corrected chi connectivity index (χ4v) is 3.13. The molecule has 158 valence electrons. The number of nitrogens with two attached hydrogens (primary N) is 1. The van der Waals surface area contributed by atoms with Gasteiger partial charge in [0.05, 0.1) is 5.92 Å². The van der Waals surface area contributed by atoms with Gasteiger partial charge in [0.15, 0.2) is 0 Å². The first-order valence-corrected chi connectivity index (χ1v) is 9.12. The van der Waals surface area contributed by atoms with Crippen molar-refractivity contribution < 1.29 is 14.3 Å². The van der Waals surface area contributed by atoms with Crippen molar-refractivity contribution in [3.8, 4) is 11.5 Å². The van der Waals surface area contributed by atoms with E-state index in [9.17, 15) is 9.59 Å². The molecule has 1 aromatic carbocycles. The minimum Gasteiger partial charge on any atom is -0.457 e. The number of piperidine rings is 1. The van der Waals surface area contributed by atoms with Gasteiger partial charge < -0.3 is 20.7 Å². The van der Waals surface area contributed by atoms with Crippen molar-refractivity contribution in [1.29, 1.82) is 0 Å². The van der Waals surface area contributed by atoms with E-state index in [1.165, 1.54) is 0 Å². The van der Waals surface area contributed by atoms with E-state index in [2.05, 4.69) is 10.3 Å². The molecule has 1 saturated heterocycles. The van der Waals surface area contributed by atoms with Crippen LogP contribution in [0.25, 0.3) is 0 Å². The minimum absolute atomic E-state index is 0. The predicted octanol–water partition coefficient (Wildman–Crippen LogP) is 2.64. The molecule has 0 spiro atoms. The molecule has 9 heteroatoms. The first kappa shape index (κ1) is 24.7. The van der Waals surface area contributed by atoms with Crippen molar-refractivity contribution >= 4 is 36.6 Å². The molecule has 29 heavy (non-hydrogen) atoms. The van der Waals surface area contributed by atoms with Crippen LogP contribution in [-0.2, 0) is 4.79 Å². The van der Waals surface area contributed by atoms with Crippen molar-refractivity contribution in [3.05, 3.63) is 54.4 Å². The fraction of sp³-hybridized carbons (Fsp3) is 0.350. The summed E-state index contributed by atoms with van der Waals surface area (Å²) in [6.45, 7) is 1.93. The molecule has 1 aliphatic rings. The van der Waals surface area contributed by atoms with Gasteiger partial charge in [-0.1, -0.05) is 6.07 Å². The average molecular weight is 441 g/mol. The Balaban J connectivity index is 0.00000210. The standard InChI is InChI=1S/C20H24N4O3.2ClH/c21-8-11-23-19(25)16-4-2-12-24(14-16)20(26)15-3-1-5-18(13-15)27-17-6-9-22-10-7-17;;/h1,3,5-7,9-10,13,16H,2,4,8,11-12,14,21H2,(H,23,25);2*1H. The number of halogens is 2. The van der Waals surface area contributed by atoms with Crippen molar-refractivity contribution in [3.63, 3.8) is 0 Å². The normalized spacial score (nSPS) is 15.5. The molecule has 0 saturated carbocycles. The first-order chi connectivity index (χ1) is 13.2. The van der Waals surface area contributed by atoms with E-state index in [-0.39, 0.29) is 42.5 Å². The van der Waals surface area contributed by atoms with Crippen LogP contribution in [0.1, 0.15) is 23.2 Å². The molecule has 1 aromatic heterocycles.